The van der Waals surface area contributed by atoms with Crippen molar-refractivity contribution in [1.82, 2.24) is 10.5 Å². The molecule has 2 heterocycles. The number of aromatic nitrogens is 1. The van der Waals surface area contributed by atoms with Gasteiger partial charge < -0.3 is 24.2 Å². The predicted octanol–water partition coefficient (Wildman–Crippen LogP) is 6.81. The maximum atomic E-state index is 13.1. The van der Waals surface area contributed by atoms with E-state index in [1.165, 1.54) is 0 Å². The van der Waals surface area contributed by atoms with E-state index in [4.69, 9.17) is 19.0 Å². The standard InChI is InChI=1S/C38H34N2O8S/c1-22-23(2)33-31(24(3)32(22)46-35(42)26-11-7-5-8-12-26)29(40-48-36(43)27-13-9-6-10-14-27)20-38(4,47-33)21-45-28-17-15-25(16-18-28)19-30-34(41)39-37(44)49-30/h5-18,20,40-41H,19,21H2,1-4H3,(H,39,44). The molecule has 4 aromatic carbocycles. The number of aromatic amines is 1. The van der Waals surface area contributed by atoms with Crippen LogP contribution in [0.2, 0.25) is 0 Å². The molecule has 0 saturated heterocycles. The maximum absolute atomic E-state index is 13.1. The zero-order chi connectivity index (χ0) is 34.7. The lowest BCUT2D eigenvalue weighted by molar-refractivity contribution is 0.0348. The summed E-state index contributed by atoms with van der Waals surface area (Å²) < 4.78 is 18.8. The van der Waals surface area contributed by atoms with E-state index in [-0.39, 0.29) is 17.4 Å². The minimum atomic E-state index is -1.03. The predicted molar refractivity (Wildman–Crippen MR) is 185 cm³/mol. The van der Waals surface area contributed by atoms with Gasteiger partial charge in [-0.15, -0.1) is 0 Å². The van der Waals surface area contributed by atoms with E-state index in [1.54, 1.807) is 66.7 Å². The first-order chi connectivity index (χ1) is 23.5. The zero-order valence-electron chi connectivity index (χ0n) is 27.3. The van der Waals surface area contributed by atoms with E-state index in [0.29, 0.717) is 56.5 Å². The van der Waals surface area contributed by atoms with Gasteiger partial charge in [0, 0.05) is 17.5 Å². The SMILES string of the molecule is Cc1c(C)c2c(c(C)c1OC(=O)c1ccccc1)C(NOC(=O)c1ccccc1)=CC(C)(COc1ccc(Cc3sc(=O)[nH]c3O)cc1)O2. The second kappa shape index (κ2) is 13.7. The quantitative estimate of drug-likeness (QED) is 0.0827. The maximum Gasteiger partial charge on any atom is 0.362 e. The molecule has 1 atom stereocenters. The highest BCUT2D eigenvalue weighted by Crippen LogP contribution is 2.45. The smallest absolute Gasteiger partial charge is 0.362 e. The molecule has 0 fully saturated rings. The summed E-state index contributed by atoms with van der Waals surface area (Å²) in [4.78, 5) is 45.8. The van der Waals surface area contributed by atoms with E-state index >= 15 is 0 Å². The average molecular weight is 679 g/mol. The van der Waals surface area contributed by atoms with Gasteiger partial charge in [0.05, 0.1) is 21.7 Å². The molecule has 11 heteroatoms. The van der Waals surface area contributed by atoms with Crippen molar-refractivity contribution in [1.29, 1.82) is 0 Å². The topological polar surface area (TPSA) is 136 Å². The van der Waals surface area contributed by atoms with Crippen molar-refractivity contribution >= 4 is 29.0 Å². The number of carbonyl (C=O) groups excluding carboxylic acids is 2. The van der Waals surface area contributed by atoms with Crippen LogP contribution in [0.1, 0.15) is 60.3 Å². The molecule has 3 N–H and O–H groups in total. The van der Waals surface area contributed by atoms with Gasteiger partial charge in [-0.2, -0.15) is 0 Å². The van der Waals surface area contributed by atoms with Crippen molar-refractivity contribution in [3.63, 3.8) is 0 Å². The van der Waals surface area contributed by atoms with Gasteiger partial charge >= 0.3 is 16.8 Å². The highest BCUT2D eigenvalue weighted by molar-refractivity contribution is 7.09. The lowest BCUT2D eigenvalue weighted by atomic mass is 9.90. The van der Waals surface area contributed by atoms with E-state index < -0.39 is 17.5 Å². The summed E-state index contributed by atoms with van der Waals surface area (Å²) in [6.07, 6.45) is 2.18. The van der Waals surface area contributed by atoms with Gasteiger partial charge in [0.1, 0.15) is 23.9 Å². The Balaban J connectivity index is 1.28. The molecular formula is C38H34N2O8S. The number of ether oxygens (including phenoxy) is 3. The first-order valence-electron chi connectivity index (χ1n) is 15.5. The molecule has 5 aromatic rings. The summed E-state index contributed by atoms with van der Waals surface area (Å²) in [5.41, 5.74) is 6.61. The van der Waals surface area contributed by atoms with Crippen LogP contribution >= 0.6 is 11.3 Å². The minimum absolute atomic E-state index is 0.0894. The molecule has 0 aliphatic carbocycles. The Kier molecular flexibility index (Phi) is 9.28. The van der Waals surface area contributed by atoms with Crippen molar-refractivity contribution in [3.8, 4) is 23.1 Å². The average Bonchev–Trinajstić information content (AvgIpc) is 3.43. The number of nitrogens with one attached hydrogen (secondary N) is 2. The highest BCUT2D eigenvalue weighted by Gasteiger charge is 2.37. The van der Waals surface area contributed by atoms with Crippen molar-refractivity contribution in [2.24, 2.45) is 0 Å². The second-order valence-electron chi connectivity index (χ2n) is 11.9. The van der Waals surface area contributed by atoms with Gasteiger partial charge in [0.25, 0.3) is 0 Å². The Hall–Kier alpha value is -5.81. The largest absolute Gasteiger partial charge is 0.494 e. The molecule has 0 saturated carbocycles. The van der Waals surface area contributed by atoms with Crippen LogP contribution in [0.25, 0.3) is 5.70 Å². The number of rotatable bonds is 10. The van der Waals surface area contributed by atoms with Gasteiger partial charge in [-0.25, -0.2) is 15.1 Å². The highest BCUT2D eigenvalue weighted by atomic mass is 32.1. The fourth-order valence-corrected chi connectivity index (χ4v) is 6.30. The summed E-state index contributed by atoms with van der Waals surface area (Å²) in [5.74, 6) is 0.298. The van der Waals surface area contributed by atoms with Crippen molar-refractivity contribution in [2.75, 3.05) is 6.61 Å². The number of aromatic hydroxyl groups is 1. The molecule has 49 heavy (non-hydrogen) atoms. The summed E-state index contributed by atoms with van der Waals surface area (Å²) in [5, 5.41) is 9.93. The van der Waals surface area contributed by atoms with E-state index in [2.05, 4.69) is 10.5 Å². The number of esters is 1. The normalized spacial score (nSPS) is 15.0. The third kappa shape index (κ3) is 7.21. The Bertz CT molecular complexity index is 2100. The van der Waals surface area contributed by atoms with Gasteiger partial charge in [0.2, 0.25) is 5.88 Å². The van der Waals surface area contributed by atoms with Crippen LogP contribution in [0.3, 0.4) is 0 Å². The molecule has 1 aromatic heterocycles. The van der Waals surface area contributed by atoms with Gasteiger partial charge in [0.15, 0.2) is 5.60 Å². The van der Waals surface area contributed by atoms with E-state index in [0.717, 1.165) is 28.0 Å². The van der Waals surface area contributed by atoms with E-state index in [9.17, 15) is 19.5 Å². The lowest BCUT2D eigenvalue weighted by Gasteiger charge is -2.36. The Morgan fingerprint density at radius 1 is 0.878 bits per heavy atom. The van der Waals surface area contributed by atoms with Crippen LogP contribution < -0.4 is 24.6 Å². The number of hydrogen-bond donors (Lipinski definition) is 3. The summed E-state index contributed by atoms with van der Waals surface area (Å²) in [7, 11) is 0. The molecule has 250 valence electrons. The van der Waals surface area contributed by atoms with Crippen LogP contribution in [0, 0.1) is 20.8 Å². The molecule has 1 aliphatic rings. The van der Waals surface area contributed by atoms with Crippen molar-refractivity contribution in [2.45, 2.75) is 39.7 Å². The zero-order valence-corrected chi connectivity index (χ0v) is 28.1. The third-order valence-electron chi connectivity index (χ3n) is 8.22. The summed E-state index contributed by atoms with van der Waals surface area (Å²) >= 11 is 0.969. The Morgan fingerprint density at radius 2 is 1.51 bits per heavy atom. The minimum Gasteiger partial charge on any atom is -0.494 e. The fraction of sp³-hybridized carbons (Fsp3) is 0.184. The second-order valence-corrected chi connectivity index (χ2v) is 13.0. The van der Waals surface area contributed by atoms with Crippen LogP contribution in [-0.4, -0.2) is 34.2 Å². The van der Waals surface area contributed by atoms with Crippen LogP contribution in [-0.2, 0) is 11.3 Å². The monoisotopic (exact) mass is 678 g/mol. The molecule has 0 amide bonds. The number of H-pyrrole nitrogens is 1. The molecular weight excluding hydrogens is 644 g/mol. The molecule has 1 unspecified atom stereocenters. The lowest BCUT2D eigenvalue weighted by Crippen LogP contribution is -2.41. The number of carbonyl (C=O) groups is 2. The first kappa shape index (κ1) is 33.1. The molecule has 6 rings (SSSR count). The molecule has 10 nitrogen and oxygen atoms in total. The molecule has 0 bridgehead atoms. The van der Waals surface area contributed by atoms with Gasteiger partial charge in [-0.05, 0) is 86.9 Å². The van der Waals surface area contributed by atoms with Crippen LogP contribution in [0.4, 0.5) is 0 Å². The molecule has 1 aliphatic heterocycles. The van der Waals surface area contributed by atoms with Crippen molar-refractivity contribution < 1.29 is 33.7 Å². The molecule has 0 spiro atoms. The first-order valence-corrected chi connectivity index (χ1v) is 16.3. The Labute approximate surface area is 286 Å². The van der Waals surface area contributed by atoms with Crippen LogP contribution in [0.15, 0.2) is 95.8 Å². The summed E-state index contributed by atoms with van der Waals surface area (Å²) in [6.45, 7) is 7.51. The molecule has 0 radical (unpaired) electrons. The number of thiazole rings is 1. The van der Waals surface area contributed by atoms with Crippen molar-refractivity contribution in [3.05, 3.63) is 144 Å². The number of benzene rings is 4. The third-order valence-corrected chi connectivity index (χ3v) is 9.09. The van der Waals surface area contributed by atoms with Gasteiger partial charge in [-0.1, -0.05) is 59.9 Å². The number of hydroxylamine groups is 1. The Morgan fingerprint density at radius 3 is 2.12 bits per heavy atom. The van der Waals surface area contributed by atoms with E-state index in [1.807, 2.05) is 52.0 Å². The van der Waals surface area contributed by atoms with Crippen LogP contribution in [0.5, 0.6) is 23.1 Å². The fourth-order valence-electron chi connectivity index (χ4n) is 5.54. The number of fused-ring (bicyclic) bond motifs is 1. The van der Waals surface area contributed by atoms with Gasteiger partial charge in [-0.3, -0.25) is 9.78 Å². The summed E-state index contributed by atoms with van der Waals surface area (Å²) in [6, 6.07) is 24.7. The number of hydrogen-bond acceptors (Lipinski definition) is 10.